The standard InChI is InChI=1S/C17H29N3O6/c1-4-6-11(9-13(21)19-26)16(23)20-8-5-7-12(20)15(22)18-14(10(2)3)17(24)25/h10-12,14,26H,4-9H2,1-3H3,(H,18,22)(H,19,21)(H,24,25)/p-1. The largest absolute Gasteiger partial charge is 0.548 e. The smallest absolute Gasteiger partial charge is 0.244 e. The number of carbonyl (C=O) groups excluding carboxylic acids is 4. The zero-order valence-corrected chi connectivity index (χ0v) is 15.5. The maximum atomic E-state index is 12.8. The molecule has 0 spiro atoms. The first-order chi connectivity index (χ1) is 12.2. The Morgan fingerprint density at radius 3 is 2.42 bits per heavy atom. The maximum Gasteiger partial charge on any atom is 0.244 e. The van der Waals surface area contributed by atoms with Crippen molar-refractivity contribution in [1.82, 2.24) is 15.7 Å². The molecular formula is C17H28N3O6-. The van der Waals surface area contributed by atoms with Crippen LogP contribution in [0.4, 0.5) is 0 Å². The van der Waals surface area contributed by atoms with Crippen molar-refractivity contribution >= 4 is 23.7 Å². The van der Waals surface area contributed by atoms with Crippen molar-refractivity contribution in [3.8, 4) is 0 Å². The number of carboxylic acids is 1. The molecule has 1 saturated heterocycles. The highest BCUT2D eigenvalue weighted by molar-refractivity contribution is 5.92. The van der Waals surface area contributed by atoms with Crippen molar-refractivity contribution < 1.29 is 29.5 Å². The summed E-state index contributed by atoms with van der Waals surface area (Å²) in [4.78, 5) is 49.4. The topological polar surface area (TPSA) is 139 Å². The fourth-order valence-corrected chi connectivity index (χ4v) is 3.22. The molecule has 3 atom stereocenters. The highest BCUT2D eigenvalue weighted by Crippen LogP contribution is 2.24. The molecule has 9 nitrogen and oxygen atoms in total. The SMILES string of the molecule is CCCC(CC(=O)NO)C(=O)N1CCCC1C(=O)NC(C(=O)[O-])C(C)C. The predicted molar refractivity (Wildman–Crippen MR) is 89.5 cm³/mol. The lowest BCUT2D eigenvalue weighted by Crippen LogP contribution is -2.56. The molecule has 148 valence electrons. The molecule has 3 amide bonds. The van der Waals surface area contributed by atoms with Gasteiger partial charge in [-0.25, -0.2) is 5.48 Å². The average molecular weight is 370 g/mol. The summed E-state index contributed by atoms with van der Waals surface area (Å²) in [6.45, 7) is 5.56. The third kappa shape index (κ3) is 5.69. The zero-order valence-electron chi connectivity index (χ0n) is 15.5. The van der Waals surface area contributed by atoms with E-state index < -0.39 is 35.8 Å². The first kappa shape index (κ1) is 21.9. The van der Waals surface area contributed by atoms with Gasteiger partial charge in [0.15, 0.2) is 0 Å². The van der Waals surface area contributed by atoms with E-state index in [2.05, 4.69) is 5.32 Å². The summed E-state index contributed by atoms with van der Waals surface area (Å²) in [6.07, 6.45) is 2.00. The molecule has 3 unspecified atom stereocenters. The number of hydrogen-bond acceptors (Lipinski definition) is 6. The van der Waals surface area contributed by atoms with Gasteiger partial charge in [-0.2, -0.15) is 0 Å². The van der Waals surface area contributed by atoms with E-state index in [-0.39, 0.29) is 18.2 Å². The quantitative estimate of drug-likeness (QED) is 0.358. The summed E-state index contributed by atoms with van der Waals surface area (Å²) in [6, 6.07) is -1.90. The van der Waals surface area contributed by atoms with Gasteiger partial charge in [0.25, 0.3) is 0 Å². The fraction of sp³-hybridized carbons (Fsp3) is 0.765. The minimum atomic E-state index is -1.37. The van der Waals surface area contributed by atoms with Gasteiger partial charge in [0.05, 0.1) is 12.0 Å². The predicted octanol–water partition coefficient (Wildman–Crippen LogP) is -0.820. The van der Waals surface area contributed by atoms with Crippen molar-refractivity contribution in [1.29, 1.82) is 0 Å². The summed E-state index contributed by atoms with van der Waals surface area (Å²) < 4.78 is 0. The molecule has 0 aromatic heterocycles. The van der Waals surface area contributed by atoms with Crippen LogP contribution >= 0.6 is 0 Å². The van der Waals surface area contributed by atoms with Gasteiger partial charge < -0.3 is 20.1 Å². The second kappa shape index (κ2) is 10.1. The van der Waals surface area contributed by atoms with E-state index in [9.17, 15) is 24.3 Å². The number of likely N-dealkylation sites (tertiary alicyclic amines) is 1. The number of rotatable bonds is 9. The van der Waals surface area contributed by atoms with Crippen LogP contribution in [0, 0.1) is 11.8 Å². The van der Waals surface area contributed by atoms with E-state index >= 15 is 0 Å². The Hall–Kier alpha value is -2.16. The van der Waals surface area contributed by atoms with E-state index in [4.69, 9.17) is 5.21 Å². The van der Waals surface area contributed by atoms with Gasteiger partial charge in [0, 0.05) is 18.9 Å². The van der Waals surface area contributed by atoms with Gasteiger partial charge in [0.2, 0.25) is 17.7 Å². The Kier molecular flexibility index (Phi) is 8.50. The van der Waals surface area contributed by atoms with Gasteiger partial charge in [-0.1, -0.05) is 27.2 Å². The number of nitrogens with one attached hydrogen (secondary N) is 2. The Bertz CT molecular complexity index is 537. The monoisotopic (exact) mass is 370 g/mol. The number of carboxylic acid groups (broad SMARTS) is 1. The highest BCUT2D eigenvalue weighted by atomic mass is 16.5. The molecule has 1 aliphatic heterocycles. The Morgan fingerprint density at radius 1 is 1.27 bits per heavy atom. The van der Waals surface area contributed by atoms with E-state index in [1.165, 1.54) is 10.4 Å². The molecular weight excluding hydrogens is 342 g/mol. The van der Waals surface area contributed by atoms with Crippen molar-refractivity contribution in [3.05, 3.63) is 0 Å². The Morgan fingerprint density at radius 2 is 1.92 bits per heavy atom. The lowest BCUT2D eigenvalue weighted by molar-refractivity contribution is -0.309. The number of aliphatic carboxylic acids is 1. The molecule has 1 rings (SSSR count). The second-order valence-electron chi connectivity index (χ2n) is 6.96. The Labute approximate surface area is 153 Å². The third-order valence-electron chi connectivity index (χ3n) is 4.60. The van der Waals surface area contributed by atoms with Crippen LogP contribution in [0.5, 0.6) is 0 Å². The Balaban J connectivity index is 2.86. The van der Waals surface area contributed by atoms with Crippen molar-refractivity contribution in [2.75, 3.05) is 6.54 Å². The minimum Gasteiger partial charge on any atom is -0.548 e. The molecule has 1 aliphatic rings. The van der Waals surface area contributed by atoms with Crippen molar-refractivity contribution in [2.45, 2.75) is 65.0 Å². The molecule has 0 aliphatic carbocycles. The van der Waals surface area contributed by atoms with Crippen LogP contribution < -0.4 is 15.9 Å². The molecule has 26 heavy (non-hydrogen) atoms. The summed E-state index contributed by atoms with van der Waals surface area (Å²) in [5.41, 5.74) is 1.52. The average Bonchev–Trinajstić information content (AvgIpc) is 3.07. The molecule has 1 fully saturated rings. The fourth-order valence-electron chi connectivity index (χ4n) is 3.22. The van der Waals surface area contributed by atoms with Crippen LogP contribution in [-0.4, -0.2) is 52.4 Å². The molecule has 0 radical (unpaired) electrons. The van der Waals surface area contributed by atoms with Gasteiger partial charge in [0.1, 0.15) is 6.04 Å². The first-order valence-electron chi connectivity index (χ1n) is 8.97. The van der Waals surface area contributed by atoms with Crippen molar-refractivity contribution in [2.24, 2.45) is 11.8 Å². The molecule has 0 aromatic rings. The number of hydroxylamine groups is 1. The zero-order chi connectivity index (χ0) is 19.9. The third-order valence-corrected chi connectivity index (χ3v) is 4.60. The number of amides is 3. The molecule has 1 heterocycles. The van der Waals surface area contributed by atoms with Crippen LogP contribution in [0.1, 0.15) is 52.9 Å². The van der Waals surface area contributed by atoms with Gasteiger partial charge >= 0.3 is 0 Å². The van der Waals surface area contributed by atoms with E-state index in [1.54, 1.807) is 13.8 Å². The van der Waals surface area contributed by atoms with E-state index in [0.29, 0.717) is 32.2 Å². The lowest BCUT2D eigenvalue weighted by Gasteiger charge is -2.30. The minimum absolute atomic E-state index is 0.165. The summed E-state index contributed by atoms with van der Waals surface area (Å²) in [5.74, 6) is -3.87. The molecule has 9 heteroatoms. The number of nitrogens with zero attached hydrogens (tertiary/aromatic N) is 1. The maximum absolute atomic E-state index is 12.8. The molecule has 0 saturated carbocycles. The van der Waals surface area contributed by atoms with E-state index in [1.807, 2.05) is 6.92 Å². The van der Waals surface area contributed by atoms with Gasteiger partial charge in [-0.15, -0.1) is 0 Å². The van der Waals surface area contributed by atoms with E-state index in [0.717, 1.165) is 0 Å². The molecule has 0 bridgehead atoms. The first-order valence-corrected chi connectivity index (χ1v) is 8.97. The van der Waals surface area contributed by atoms with Crippen LogP contribution in [0.25, 0.3) is 0 Å². The summed E-state index contributed by atoms with van der Waals surface area (Å²) >= 11 is 0. The number of hydrogen-bond donors (Lipinski definition) is 3. The molecule has 3 N–H and O–H groups in total. The number of carbonyl (C=O) groups is 4. The van der Waals surface area contributed by atoms with Crippen LogP contribution in [0.2, 0.25) is 0 Å². The van der Waals surface area contributed by atoms with Gasteiger partial charge in [-0.3, -0.25) is 19.6 Å². The summed E-state index contributed by atoms with van der Waals surface area (Å²) in [5, 5.41) is 22.3. The van der Waals surface area contributed by atoms with Crippen LogP contribution in [-0.2, 0) is 19.2 Å². The van der Waals surface area contributed by atoms with Crippen LogP contribution in [0.3, 0.4) is 0 Å². The lowest BCUT2D eigenvalue weighted by atomic mass is 9.97. The van der Waals surface area contributed by atoms with Crippen LogP contribution in [0.15, 0.2) is 0 Å². The second-order valence-corrected chi connectivity index (χ2v) is 6.96. The normalized spacial score (nSPS) is 19.1. The summed E-state index contributed by atoms with van der Waals surface area (Å²) in [7, 11) is 0. The van der Waals surface area contributed by atoms with Gasteiger partial charge in [-0.05, 0) is 25.2 Å². The molecule has 0 aromatic carbocycles. The van der Waals surface area contributed by atoms with Crippen molar-refractivity contribution in [3.63, 3.8) is 0 Å². The highest BCUT2D eigenvalue weighted by Gasteiger charge is 2.38.